The highest BCUT2D eigenvalue weighted by Crippen LogP contribution is 2.27. The summed E-state index contributed by atoms with van der Waals surface area (Å²) in [5, 5.41) is 11.2. The van der Waals surface area contributed by atoms with Crippen molar-refractivity contribution in [2.75, 3.05) is 6.61 Å². The minimum atomic E-state index is -1.10. The highest BCUT2D eigenvalue weighted by molar-refractivity contribution is 9.10. The highest BCUT2D eigenvalue weighted by atomic mass is 79.9. The molecule has 0 atom stereocenters. The van der Waals surface area contributed by atoms with Gasteiger partial charge in [-0.3, -0.25) is 9.69 Å². The summed E-state index contributed by atoms with van der Waals surface area (Å²) in [4.78, 5) is 36.2. The molecule has 28 heavy (non-hydrogen) atoms. The van der Waals surface area contributed by atoms with E-state index in [0.717, 1.165) is 4.90 Å². The average molecular weight is 449 g/mol. The number of carboxylic acid groups (broad SMARTS) is 1. The number of hydrogen-bond acceptors (Lipinski definition) is 4. The first kappa shape index (κ1) is 19.6. The van der Waals surface area contributed by atoms with Gasteiger partial charge in [-0.25, -0.2) is 14.0 Å². The van der Waals surface area contributed by atoms with Crippen molar-refractivity contribution in [1.29, 1.82) is 0 Å². The molecule has 1 aliphatic heterocycles. The van der Waals surface area contributed by atoms with Gasteiger partial charge in [0.1, 0.15) is 17.3 Å². The number of carbonyl (C=O) groups excluding carboxylic acids is 2. The van der Waals surface area contributed by atoms with E-state index in [0.29, 0.717) is 21.3 Å². The Balaban J connectivity index is 1.75. The third-order valence-corrected chi connectivity index (χ3v) is 4.45. The maximum atomic E-state index is 13.0. The van der Waals surface area contributed by atoms with Crippen LogP contribution in [0, 0.1) is 5.82 Å². The minimum absolute atomic E-state index is 0.0218. The minimum Gasteiger partial charge on any atom is -0.481 e. The lowest BCUT2D eigenvalue weighted by atomic mass is 10.1. The van der Waals surface area contributed by atoms with Gasteiger partial charge in [0.25, 0.3) is 5.91 Å². The monoisotopic (exact) mass is 448 g/mol. The SMILES string of the molecule is O=C(O)COc1ccc(/C=C2\NC(=O)N(Cc3ccc(F)cc3)C2=O)cc1Br. The lowest BCUT2D eigenvalue weighted by Crippen LogP contribution is -2.30. The van der Waals surface area contributed by atoms with Crippen molar-refractivity contribution in [3.05, 3.63) is 69.6 Å². The number of benzene rings is 2. The van der Waals surface area contributed by atoms with E-state index >= 15 is 0 Å². The van der Waals surface area contributed by atoms with Crippen molar-refractivity contribution >= 4 is 39.9 Å². The molecule has 0 aromatic heterocycles. The summed E-state index contributed by atoms with van der Waals surface area (Å²) >= 11 is 3.28. The van der Waals surface area contributed by atoms with E-state index in [-0.39, 0.29) is 12.2 Å². The van der Waals surface area contributed by atoms with Gasteiger partial charge in [-0.05, 0) is 57.4 Å². The molecule has 2 aromatic carbocycles. The fraction of sp³-hybridized carbons (Fsp3) is 0.105. The quantitative estimate of drug-likeness (QED) is 0.522. The van der Waals surface area contributed by atoms with E-state index in [9.17, 15) is 18.8 Å². The van der Waals surface area contributed by atoms with E-state index in [2.05, 4.69) is 21.2 Å². The molecule has 2 aromatic rings. The van der Waals surface area contributed by atoms with Gasteiger partial charge < -0.3 is 15.2 Å². The Morgan fingerprint density at radius 1 is 1.21 bits per heavy atom. The maximum Gasteiger partial charge on any atom is 0.341 e. The number of aliphatic carboxylic acids is 1. The van der Waals surface area contributed by atoms with Crippen molar-refractivity contribution in [3.63, 3.8) is 0 Å². The molecule has 0 unspecified atom stereocenters. The van der Waals surface area contributed by atoms with Gasteiger partial charge in [-0.1, -0.05) is 18.2 Å². The number of nitrogens with zero attached hydrogens (tertiary/aromatic N) is 1. The zero-order valence-corrected chi connectivity index (χ0v) is 15.9. The van der Waals surface area contributed by atoms with E-state index in [4.69, 9.17) is 9.84 Å². The fourth-order valence-corrected chi connectivity index (χ4v) is 3.03. The number of nitrogens with one attached hydrogen (secondary N) is 1. The first-order valence-electron chi connectivity index (χ1n) is 8.06. The molecular weight excluding hydrogens is 435 g/mol. The normalized spacial score (nSPS) is 15.1. The molecule has 2 N–H and O–H groups in total. The maximum absolute atomic E-state index is 13.0. The Kier molecular flexibility index (Phi) is 5.74. The summed E-state index contributed by atoms with van der Waals surface area (Å²) in [5.41, 5.74) is 1.31. The number of urea groups is 1. The van der Waals surface area contributed by atoms with Crippen LogP contribution in [0.25, 0.3) is 6.08 Å². The van der Waals surface area contributed by atoms with Gasteiger partial charge in [0.2, 0.25) is 0 Å². The number of amides is 3. The number of carbonyl (C=O) groups is 3. The smallest absolute Gasteiger partial charge is 0.341 e. The van der Waals surface area contributed by atoms with Gasteiger partial charge in [-0.15, -0.1) is 0 Å². The van der Waals surface area contributed by atoms with Crippen molar-refractivity contribution in [3.8, 4) is 5.75 Å². The van der Waals surface area contributed by atoms with Crippen LogP contribution in [0.1, 0.15) is 11.1 Å². The molecule has 1 heterocycles. The Morgan fingerprint density at radius 3 is 2.57 bits per heavy atom. The second-order valence-corrected chi connectivity index (χ2v) is 6.73. The van der Waals surface area contributed by atoms with Crippen molar-refractivity contribution in [2.45, 2.75) is 6.54 Å². The van der Waals surface area contributed by atoms with Crippen molar-refractivity contribution < 1.29 is 28.6 Å². The molecule has 0 aliphatic carbocycles. The average Bonchev–Trinajstić information content (AvgIpc) is 2.90. The molecule has 144 valence electrons. The van der Waals surface area contributed by atoms with E-state index in [1.807, 2.05) is 0 Å². The second kappa shape index (κ2) is 8.22. The summed E-state index contributed by atoms with van der Waals surface area (Å²) in [5.74, 6) is -1.66. The third-order valence-electron chi connectivity index (χ3n) is 3.83. The number of halogens is 2. The highest BCUT2D eigenvalue weighted by Gasteiger charge is 2.33. The predicted molar refractivity (Wildman–Crippen MR) is 101 cm³/mol. The Morgan fingerprint density at radius 2 is 1.93 bits per heavy atom. The predicted octanol–water partition coefficient (Wildman–Crippen LogP) is 3.14. The largest absolute Gasteiger partial charge is 0.481 e. The molecular formula is C19H14BrFN2O5. The van der Waals surface area contributed by atoms with Gasteiger partial charge in [0, 0.05) is 0 Å². The van der Waals surface area contributed by atoms with Crippen LogP contribution in [0.3, 0.4) is 0 Å². The lowest BCUT2D eigenvalue weighted by molar-refractivity contribution is -0.139. The molecule has 9 heteroatoms. The van der Waals surface area contributed by atoms with Crippen LogP contribution in [-0.2, 0) is 16.1 Å². The second-order valence-electron chi connectivity index (χ2n) is 5.88. The number of carboxylic acids is 1. The molecule has 7 nitrogen and oxygen atoms in total. The molecule has 0 radical (unpaired) electrons. The Labute approximate surface area is 167 Å². The van der Waals surface area contributed by atoms with Crippen LogP contribution in [0.15, 0.2) is 52.6 Å². The number of imide groups is 1. The summed E-state index contributed by atoms with van der Waals surface area (Å²) < 4.78 is 18.6. The summed E-state index contributed by atoms with van der Waals surface area (Å²) in [6.07, 6.45) is 1.50. The topological polar surface area (TPSA) is 95.9 Å². The number of rotatable bonds is 6. The molecule has 3 amide bonds. The first-order valence-corrected chi connectivity index (χ1v) is 8.86. The third kappa shape index (κ3) is 4.55. The summed E-state index contributed by atoms with van der Waals surface area (Å²) in [7, 11) is 0. The zero-order valence-electron chi connectivity index (χ0n) is 14.3. The Bertz CT molecular complexity index is 975. The first-order chi connectivity index (χ1) is 13.3. The van der Waals surface area contributed by atoms with Crippen LogP contribution in [0.2, 0.25) is 0 Å². The lowest BCUT2D eigenvalue weighted by Gasteiger charge is -2.11. The van der Waals surface area contributed by atoms with Crippen molar-refractivity contribution in [1.82, 2.24) is 10.2 Å². The molecule has 0 spiro atoms. The van der Waals surface area contributed by atoms with Crippen LogP contribution in [-0.4, -0.2) is 34.5 Å². The number of hydrogen-bond donors (Lipinski definition) is 2. The number of ether oxygens (including phenoxy) is 1. The summed E-state index contributed by atoms with van der Waals surface area (Å²) in [6, 6.07) is 9.77. The van der Waals surface area contributed by atoms with E-state index in [1.54, 1.807) is 18.2 Å². The van der Waals surface area contributed by atoms with Crippen LogP contribution in [0.4, 0.5) is 9.18 Å². The van der Waals surface area contributed by atoms with Gasteiger partial charge in [0.05, 0.1) is 11.0 Å². The van der Waals surface area contributed by atoms with Crippen LogP contribution < -0.4 is 10.1 Å². The fourth-order valence-electron chi connectivity index (χ4n) is 2.52. The van der Waals surface area contributed by atoms with Gasteiger partial charge >= 0.3 is 12.0 Å². The van der Waals surface area contributed by atoms with Gasteiger partial charge in [-0.2, -0.15) is 0 Å². The van der Waals surface area contributed by atoms with Crippen LogP contribution >= 0.6 is 15.9 Å². The molecule has 1 fully saturated rings. The van der Waals surface area contributed by atoms with E-state index in [1.165, 1.54) is 30.3 Å². The molecule has 0 bridgehead atoms. The molecule has 1 saturated heterocycles. The summed E-state index contributed by atoms with van der Waals surface area (Å²) in [6.45, 7) is -0.458. The van der Waals surface area contributed by atoms with E-state index < -0.39 is 30.3 Å². The molecule has 3 rings (SSSR count). The molecule has 0 saturated carbocycles. The standard InChI is InChI=1S/C19H14BrFN2O5/c20-14-7-12(3-6-16(14)28-10-17(24)25)8-15-18(26)23(19(27)22-15)9-11-1-4-13(21)5-2-11/h1-8H,9-10H2,(H,22,27)(H,24,25)/b15-8-. The van der Waals surface area contributed by atoms with Gasteiger partial charge in [0.15, 0.2) is 6.61 Å². The van der Waals surface area contributed by atoms with Crippen molar-refractivity contribution in [2.24, 2.45) is 0 Å². The zero-order chi connectivity index (χ0) is 20.3. The molecule has 1 aliphatic rings. The van der Waals surface area contributed by atoms with Crippen LogP contribution in [0.5, 0.6) is 5.75 Å². The Hall–Kier alpha value is -3.20.